The van der Waals surface area contributed by atoms with Gasteiger partial charge in [-0.05, 0) is 86.5 Å². The average molecular weight is 472 g/mol. The van der Waals surface area contributed by atoms with Crippen molar-refractivity contribution in [1.82, 2.24) is 19.9 Å². The molecule has 0 spiro atoms. The monoisotopic (exact) mass is 471 g/mol. The maximum Gasteiger partial charge on any atom is 0.0894 e. The Hall–Kier alpha value is -3.51. The lowest BCUT2D eigenvalue weighted by Gasteiger charge is -2.12. The quantitative estimate of drug-likeness (QED) is 0.217. The van der Waals surface area contributed by atoms with Crippen LogP contribution in [0.1, 0.15) is 74.8 Å². The molecule has 5 rings (SSSR count). The van der Waals surface area contributed by atoms with E-state index in [1.807, 2.05) is 67.6 Å². The summed E-state index contributed by atoms with van der Waals surface area (Å²) in [5.41, 5.74) is 7.57. The zero-order valence-electron chi connectivity index (χ0n) is 21.0. The molecule has 0 saturated heterocycles. The van der Waals surface area contributed by atoms with Gasteiger partial charge in [0.25, 0.3) is 0 Å². The van der Waals surface area contributed by atoms with Crippen LogP contribution in [-0.2, 0) is 4.74 Å². The van der Waals surface area contributed by atoms with Gasteiger partial charge in [0.1, 0.15) is 0 Å². The molecule has 3 aromatic rings. The highest BCUT2D eigenvalue weighted by atomic mass is 19.1. The molecule has 2 aliphatic rings. The molecule has 0 aromatic carbocycles. The summed E-state index contributed by atoms with van der Waals surface area (Å²) in [6.45, 7) is 2.35. The lowest BCUT2D eigenvalue weighted by molar-refractivity contribution is 0.0637. The second-order valence-electron chi connectivity index (χ2n) is 9.00. The molecule has 3 aromatic heterocycles. The fraction of sp³-hybridized carbons (Fsp3) is 0.310. The second-order valence-corrected chi connectivity index (χ2v) is 9.00. The molecule has 8 bridgehead atoms. The summed E-state index contributed by atoms with van der Waals surface area (Å²) in [6, 6.07) is 12.3. The third-order valence-electron chi connectivity index (χ3n) is 6.17. The molecule has 0 saturated carbocycles. The minimum absolute atomic E-state index is 0.240. The van der Waals surface area contributed by atoms with Crippen LogP contribution in [0.15, 0.2) is 42.4 Å². The van der Waals surface area contributed by atoms with Gasteiger partial charge in [0.15, 0.2) is 0 Å². The van der Waals surface area contributed by atoms with Gasteiger partial charge in [0.05, 0.1) is 36.9 Å². The van der Waals surface area contributed by atoms with Gasteiger partial charge in [0.2, 0.25) is 0 Å². The number of rotatable bonds is 9. The Bertz CT molecular complexity index is 1450. The number of halogens is 1. The molecule has 5 heterocycles. The number of nitrogens with one attached hydrogen (secondary N) is 2. The average Bonchev–Trinajstić information content (AvgIpc) is 3.64. The molecule has 0 fully saturated rings. The van der Waals surface area contributed by atoms with Gasteiger partial charge < -0.3 is 14.7 Å². The fourth-order valence-electron chi connectivity index (χ4n) is 4.36. The largest absolute Gasteiger partial charge is 0.374 e. The molecule has 2 aliphatic heterocycles. The molecule has 0 radical (unpaired) electrons. The number of fused-ring (bicyclic) bond motifs is 8. The Morgan fingerprint density at radius 2 is 1.37 bits per heavy atom. The summed E-state index contributed by atoms with van der Waals surface area (Å²) >= 11 is 0. The molecule has 0 amide bonds. The minimum atomic E-state index is -0.260. The van der Waals surface area contributed by atoms with E-state index < -0.39 is 0 Å². The number of alkyl halides is 1. The van der Waals surface area contributed by atoms with Crippen molar-refractivity contribution in [2.45, 2.75) is 45.1 Å². The van der Waals surface area contributed by atoms with E-state index in [0.717, 1.165) is 70.6 Å². The van der Waals surface area contributed by atoms with Crippen LogP contribution in [0.25, 0.3) is 46.4 Å². The fourth-order valence-corrected chi connectivity index (χ4v) is 4.36. The van der Waals surface area contributed by atoms with E-state index in [2.05, 4.69) is 9.97 Å². The van der Waals surface area contributed by atoms with E-state index in [4.69, 9.17) is 16.1 Å². The number of hydrogen-bond donors (Lipinski definition) is 2. The second kappa shape index (κ2) is 10.8. The molecule has 1 unspecified atom stereocenters. The van der Waals surface area contributed by atoms with Crippen molar-refractivity contribution < 1.29 is 10.5 Å². The van der Waals surface area contributed by atoms with Crippen molar-refractivity contribution in [3.05, 3.63) is 70.8 Å². The number of ether oxygens (including phenoxy) is 1. The smallest absolute Gasteiger partial charge is 0.0894 e. The van der Waals surface area contributed by atoms with Gasteiger partial charge in [-0.15, -0.1) is 0 Å². The highest BCUT2D eigenvalue weighted by molar-refractivity contribution is 5.78. The van der Waals surface area contributed by atoms with Gasteiger partial charge in [-0.1, -0.05) is 19.3 Å². The molecule has 2 N–H and O–H groups in total. The molecule has 180 valence electrons. The Morgan fingerprint density at radius 1 is 0.800 bits per heavy atom. The summed E-state index contributed by atoms with van der Waals surface area (Å²) in [5.74, 6) is 0. The van der Waals surface area contributed by atoms with E-state index >= 15 is 0 Å². The van der Waals surface area contributed by atoms with Gasteiger partial charge in [-0.3, -0.25) is 4.39 Å². The van der Waals surface area contributed by atoms with Crippen molar-refractivity contribution in [1.29, 1.82) is 0 Å². The van der Waals surface area contributed by atoms with Crippen LogP contribution >= 0.6 is 0 Å². The first-order valence-electron chi connectivity index (χ1n) is 12.8. The first-order chi connectivity index (χ1) is 17.6. The highest BCUT2D eigenvalue weighted by Gasteiger charge is 2.12. The van der Waals surface area contributed by atoms with Gasteiger partial charge in [0, 0.05) is 34.2 Å². The lowest BCUT2D eigenvalue weighted by atomic mass is 10.1. The Kier molecular flexibility index (Phi) is 6.80. The maximum absolute atomic E-state index is 12.3. The molecule has 35 heavy (non-hydrogen) atoms. The van der Waals surface area contributed by atoms with E-state index in [-0.39, 0.29) is 12.8 Å². The molecular formula is C29H31FN4O. The van der Waals surface area contributed by atoms with Gasteiger partial charge in [-0.2, -0.15) is 0 Å². The zero-order chi connectivity index (χ0) is 24.9. The van der Waals surface area contributed by atoms with Crippen LogP contribution in [0.4, 0.5) is 4.39 Å². The van der Waals surface area contributed by atoms with Crippen LogP contribution in [0, 0.1) is 0 Å². The van der Waals surface area contributed by atoms with Crippen LogP contribution in [0.3, 0.4) is 0 Å². The molecule has 5 nitrogen and oxygen atoms in total. The number of unbranched alkanes of at least 4 members (excludes halogenated alkanes) is 4. The molecule has 0 aliphatic carbocycles. The van der Waals surface area contributed by atoms with E-state index in [1.54, 1.807) is 0 Å². The predicted octanol–water partition coefficient (Wildman–Crippen LogP) is 7.65. The first-order valence-corrected chi connectivity index (χ1v) is 12.3. The summed E-state index contributed by atoms with van der Waals surface area (Å²) in [6.07, 6.45) is 12.2. The van der Waals surface area contributed by atoms with Crippen molar-refractivity contribution in [2.24, 2.45) is 0 Å². The summed E-state index contributed by atoms with van der Waals surface area (Å²) in [4.78, 5) is 16.3. The van der Waals surface area contributed by atoms with Crippen molar-refractivity contribution in [3.63, 3.8) is 0 Å². The van der Waals surface area contributed by atoms with Crippen molar-refractivity contribution in [3.8, 4) is 0 Å². The Morgan fingerprint density at radius 3 is 2.03 bits per heavy atom. The first kappa shape index (κ1) is 22.0. The summed E-state index contributed by atoms with van der Waals surface area (Å²) < 4.78 is 27.3. The van der Waals surface area contributed by atoms with Crippen LogP contribution < -0.4 is 0 Å². The number of aromatic nitrogens is 4. The summed E-state index contributed by atoms with van der Waals surface area (Å²) in [5, 5.41) is 0. The predicted molar refractivity (Wildman–Crippen MR) is 142 cm³/mol. The SMILES string of the molecule is [2H]c1c(C(C)OCCCCCCCF)c2cc3nc(cc4ccc(cc5nc(cc1[nH]2)C=C5)[nH]4)C=C3. The van der Waals surface area contributed by atoms with Crippen LogP contribution in [0.5, 0.6) is 0 Å². The third kappa shape index (κ3) is 5.95. The van der Waals surface area contributed by atoms with E-state index in [1.165, 1.54) is 0 Å². The number of H-pyrrole nitrogens is 2. The van der Waals surface area contributed by atoms with Crippen LogP contribution in [0.2, 0.25) is 0 Å². The van der Waals surface area contributed by atoms with Crippen molar-refractivity contribution in [2.75, 3.05) is 13.3 Å². The summed E-state index contributed by atoms with van der Waals surface area (Å²) in [7, 11) is 0. The molecule has 1 atom stereocenters. The standard InChI is InChI=1S/C29H31FN4O/c1-20(35-14-6-4-2-3-5-13-30)28-18-27-17-25-10-9-23(32-25)15-21-7-8-22(31-21)16-24-11-12-26(33-24)19-29(28)34-27/h7-12,15-20,31,34H,2-6,13-14H2,1H3/i18D. The molecule has 6 heteroatoms. The lowest BCUT2D eigenvalue weighted by Crippen LogP contribution is -2.01. The minimum Gasteiger partial charge on any atom is -0.374 e. The Labute approximate surface area is 206 Å². The van der Waals surface area contributed by atoms with E-state index in [0.29, 0.717) is 24.6 Å². The third-order valence-corrected chi connectivity index (χ3v) is 6.17. The number of aromatic amines is 2. The number of nitrogens with zero attached hydrogens (tertiary/aromatic N) is 2. The zero-order valence-corrected chi connectivity index (χ0v) is 20.0. The van der Waals surface area contributed by atoms with Crippen molar-refractivity contribution >= 4 is 46.4 Å². The Balaban J connectivity index is 1.53. The highest BCUT2D eigenvalue weighted by Crippen LogP contribution is 2.26. The van der Waals surface area contributed by atoms with Crippen LogP contribution in [-0.4, -0.2) is 33.2 Å². The number of hydrogen-bond acceptors (Lipinski definition) is 3. The van der Waals surface area contributed by atoms with Gasteiger partial charge >= 0.3 is 0 Å². The molecular weight excluding hydrogens is 439 g/mol. The van der Waals surface area contributed by atoms with E-state index in [9.17, 15) is 4.39 Å². The topological polar surface area (TPSA) is 66.6 Å². The normalized spacial score (nSPS) is 13.8. The maximum atomic E-state index is 12.3. The van der Waals surface area contributed by atoms with Gasteiger partial charge in [-0.25, -0.2) is 9.97 Å².